The van der Waals surface area contributed by atoms with Gasteiger partial charge in [-0.3, -0.25) is 14.9 Å². The Labute approximate surface area is 124 Å². The van der Waals surface area contributed by atoms with Crippen LogP contribution in [0.4, 0.5) is 11.5 Å². The average Bonchev–Trinajstić information content (AvgIpc) is 2.44. The Morgan fingerprint density at radius 2 is 2.14 bits per heavy atom. The molecule has 0 aliphatic heterocycles. The molecular formula is C14H22N4O3. The lowest BCUT2D eigenvalue weighted by molar-refractivity contribution is -0.385. The number of anilines is 1. The Morgan fingerprint density at radius 1 is 1.43 bits per heavy atom. The van der Waals surface area contributed by atoms with Gasteiger partial charge in [0.2, 0.25) is 0 Å². The van der Waals surface area contributed by atoms with Gasteiger partial charge in [-0.15, -0.1) is 0 Å². The number of nitrogens with zero attached hydrogens (tertiary/aromatic N) is 2. The fraction of sp³-hybridized carbons (Fsp3) is 0.571. The number of hydrogen-bond donors (Lipinski definition) is 2. The zero-order valence-electron chi connectivity index (χ0n) is 12.7. The average molecular weight is 294 g/mol. The van der Waals surface area contributed by atoms with Gasteiger partial charge < -0.3 is 10.6 Å². The lowest BCUT2D eigenvalue weighted by Gasteiger charge is -2.13. The summed E-state index contributed by atoms with van der Waals surface area (Å²) in [6.45, 7) is 6.59. The van der Waals surface area contributed by atoms with E-state index in [2.05, 4.69) is 15.6 Å². The van der Waals surface area contributed by atoms with Gasteiger partial charge in [0, 0.05) is 18.7 Å². The summed E-state index contributed by atoms with van der Waals surface area (Å²) in [6, 6.07) is 1.41. The highest BCUT2D eigenvalue weighted by atomic mass is 16.6. The highest BCUT2D eigenvalue weighted by Gasteiger charge is 2.22. The van der Waals surface area contributed by atoms with Crippen molar-refractivity contribution in [3.63, 3.8) is 0 Å². The second-order valence-electron chi connectivity index (χ2n) is 4.93. The van der Waals surface area contributed by atoms with Crippen molar-refractivity contribution in [3.8, 4) is 0 Å². The Hall–Kier alpha value is -2.18. The zero-order valence-corrected chi connectivity index (χ0v) is 12.7. The van der Waals surface area contributed by atoms with Gasteiger partial charge >= 0.3 is 0 Å². The number of carbonyl (C=O) groups excluding carboxylic acids is 1. The van der Waals surface area contributed by atoms with E-state index in [9.17, 15) is 14.9 Å². The van der Waals surface area contributed by atoms with Crippen LogP contribution in [0.25, 0.3) is 0 Å². The number of pyridine rings is 1. The molecule has 0 fully saturated rings. The first kappa shape index (κ1) is 16.9. The number of aromatic nitrogens is 1. The van der Waals surface area contributed by atoms with Crippen LogP contribution >= 0.6 is 0 Å². The molecule has 1 aromatic rings. The maximum absolute atomic E-state index is 12.2. The van der Waals surface area contributed by atoms with Gasteiger partial charge in [0.25, 0.3) is 11.6 Å². The van der Waals surface area contributed by atoms with E-state index in [1.165, 1.54) is 6.07 Å². The van der Waals surface area contributed by atoms with E-state index in [0.29, 0.717) is 12.4 Å². The molecule has 1 heterocycles. The molecule has 7 nitrogen and oxygen atoms in total. The number of carbonyl (C=O) groups is 1. The summed E-state index contributed by atoms with van der Waals surface area (Å²) in [4.78, 5) is 26.6. The normalized spacial score (nSPS) is 11.8. The van der Waals surface area contributed by atoms with Crippen LogP contribution in [-0.2, 0) is 0 Å². The summed E-state index contributed by atoms with van der Waals surface area (Å²) in [7, 11) is 0. The predicted molar refractivity (Wildman–Crippen MR) is 81.5 cm³/mol. The van der Waals surface area contributed by atoms with Crippen molar-refractivity contribution in [2.45, 2.75) is 46.1 Å². The lowest BCUT2D eigenvalue weighted by atomic mass is 10.1. The third kappa shape index (κ3) is 5.02. The Balaban J connectivity index is 2.99. The minimum Gasteiger partial charge on any atom is -0.370 e. The molecule has 0 saturated heterocycles. The van der Waals surface area contributed by atoms with Crippen LogP contribution in [-0.4, -0.2) is 28.4 Å². The smallest absolute Gasteiger partial charge is 0.300 e. The molecule has 7 heteroatoms. The zero-order chi connectivity index (χ0) is 15.8. The number of hydrogen-bond acceptors (Lipinski definition) is 5. The maximum Gasteiger partial charge on any atom is 0.300 e. The van der Waals surface area contributed by atoms with Gasteiger partial charge in [0.15, 0.2) is 0 Å². The van der Waals surface area contributed by atoms with Crippen LogP contribution in [0.3, 0.4) is 0 Å². The van der Waals surface area contributed by atoms with Gasteiger partial charge in [-0.05, 0) is 19.8 Å². The molecular weight excluding hydrogens is 272 g/mol. The van der Waals surface area contributed by atoms with E-state index < -0.39 is 10.8 Å². The van der Waals surface area contributed by atoms with Gasteiger partial charge in [0.05, 0.1) is 4.92 Å². The molecule has 0 bridgehead atoms. The molecule has 0 radical (unpaired) electrons. The minimum atomic E-state index is -0.587. The van der Waals surface area contributed by atoms with Crippen LogP contribution in [0.1, 0.15) is 50.4 Å². The Morgan fingerprint density at radius 3 is 2.71 bits per heavy atom. The van der Waals surface area contributed by atoms with Crippen molar-refractivity contribution in [3.05, 3.63) is 27.9 Å². The van der Waals surface area contributed by atoms with Crippen molar-refractivity contribution in [1.82, 2.24) is 10.3 Å². The summed E-state index contributed by atoms with van der Waals surface area (Å²) in [5, 5.41) is 16.8. The number of nitrogens with one attached hydrogen (secondary N) is 2. The van der Waals surface area contributed by atoms with Crippen LogP contribution < -0.4 is 10.6 Å². The van der Waals surface area contributed by atoms with Gasteiger partial charge in [-0.25, -0.2) is 4.98 Å². The monoisotopic (exact) mass is 294 g/mol. The Kier molecular flexibility index (Phi) is 6.58. The first-order chi connectivity index (χ1) is 9.99. The van der Waals surface area contributed by atoms with Crippen molar-refractivity contribution >= 4 is 17.4 Å². The van der Waals surface area contributed by atoms with Gasteiger partial charge in [-0.2, -0.15) is 0 Å². The van der Waals surface area contributed by atoms with E-state index in [4.69, 9.17) is 0 Å². The highest BCUT2D eigenvalue weighted by molar-refractivity contribution is 5.98. The molecule has 1 atom stereocenters. The third-order valence-corrected chi connectivity index (χ3v) is 2.98. The standard InChI is InChI=1S/C14H22N4O3/c1-4-6-10(3)17-14(19)11-8-13(15-7-5-2)16-9-12(11)18(20)21/h8-10H,4-7H2,1-3H3,(H,15,16)(H,17,19). The summed E-state index contributed by atoms with van der Waals surface area (Å²) in [5.41, 5.74) is -0.241. The summed E-state index contributed by atoms with van der Waals surface area (Å²) in [6.07, 6.45) is 3.78. The van der Waals surface area contributed by atoms with E-state index >= 15 is 0 Å². The number of rotatable bonds is 8. The van der Waals surface area contributed by atoms with Crippen molar-refractivity contribution in [2.24, 2.45) is 0 Å². The van der Waals surface area contributed by atoms with E-state index in [0.717, 1.165) is 25.5 Å². The molecule has 1 amide bonds. The second kappa shape index (κ2) is 8.18. The molecule has 0 aliphatic carbocycles. The van der Waals surface area contributed by atoms with Crippen LogP contribution in [0.15, 0.2) is 12.3 Å². The van der Waals surface area contributed by atoms with Gasteiger partial charge in [0.1, 0.15) is 17.6 Å². The molecule has 1 aromatic heterocycles. The molecule has 21 heavy (non-hydrogen) atoms. The van der Waals surface area contributed by atoms with Crippen LogP contribution in [0.5, 0.6) is 0 Å². The first-order valence-electron chi connectivity index (χ1n) is 7.18. The van der Waals surface area contributed by atoms with Crippen molar-refractivity contribution in [2.75, 3.05) is 11.9 Å². The fourth-order valence-electron chi connectivity index (χ4n) is 1.93. The second-order valence-corrected chi connectivity index (χ2v) is 4.93. The third-order valence-electron chi connectivity index (χ3n) is 2.98. The molecule has 0 spiro atoms. The first-order valence-corrected chi connectivity index (χ1v) is 7.18. The number of amides is 1. The quantitative estimate of drug-likeness (QED) is 0.567. The minimum absolute atomic E-state index is 0.0256. The van der Waals surface area contributed by atoms with Crippen molar-refractivity contribution < 1.29 is 9.72 Å². The van der Waals surface area contributed by atoms with Crippen LogP contribution in [0.2, 0.25) is 0 Å². The van der Waals surface area contributed by atoms with E-state index in [1.807, 2.05) is 20.8 Å². The van der Waals surface area contributed by atoms with Crippen LogP contribution in [0, 0.1) is 10.1 Å². The predicted octanol–water partition coefficient (Wildman–Crippen LogP) is 2.73. The molecule has 0 aliphatic rings. The lowest BCUT2D eigenvalue weighted by Crippen LogP contribution is -2.32. The van der Waals surface area contributed by atoms with Gasteiger partial charge in [-0.1, -0.05) is 20.3 Å². The molecule has 116 valence electrons. The largest absolute Gasteiger partial charge is 0.370 e. The molecule has 1 rings (SSSR count). The summed E-state index contributed by atoms with van der Waals surface area (Å²) in [5.74, 6) is 0.0281. The SMILES string of the molecule is CCCNc1cc(C(=O)NC(C)CCC)c([N+](=O)[O-])cn1. The fourth-order valence-corrected chi connectivity index (χ4v) is 1.93. The topological polar surface area (TPSA) is 97.2 Å². The maximum atomic E-state index is 12.2. The highest BCUT2D eigenvalue weighted by Crippen LogP contribution is 2.20. The van der Waals surface area contributed by atoms with E-state index in [1.54, 1.807) is 0 Å². The number of nitro groups is 1. The Bertz CT molecular complexity index is 505. The molecule has 0 saturated carbocycles. The molecule has 1 unspecified atom stereocenters. The summed E-state index contributed by atoms with van der Waals surface area (Å²) < 4.78 is 0. The van der Waals surface area contributed by atoms with Crippen molar-refractivity contribution in [1.29, 1.82) is 0 Å². The molecule has 0 aromatic carbocycles. The summed E-state index contributed by atoms with van der Waals surface area (Å²) >= 11 is 0. The molecule has 2 N–H and O–H groups in total. The van der Waals surface area contributed by atoms with E-state index in [-0.39, 0.29) is 17.3 Å².